The number of likely N-dealkylation sites (tertiary alicyclic amines) is 1. The smallest absolute Gasteiger partial charge is 0.416 e. The first-order chi connectivity index (χ1) is 20.0. The summed E-state index contributed by atoms with van der Waals surface area (Å²) in [6, 6.07) is 19.6. The van der Waals surface area contributed by atoms with Crippen molar-refractivity contribution in [3.05, 3.63) is 95.1 Å². The van der Waals surface area contributed by atoms with Gasteiger partial charge in [0, 0.05) is 37.7 Å². The molecule has 0 bridgehead atoms. The maximum Gasteiger partial charge on any atom is 0.416 e. The molecule has 0 radical (unpaired) electrons. The van der Waals surface area contributed by atoms with Crippen LogP contribution in [0.3, 0.4) is 0 Å². The number of nitrogens with zero attached hydrogens (tertiary/aromatic N) is 2. The number of ether oxygens (including phenoxy) is 2. The minimum atomic E-state index is -4.66. The first kappa shape index (κ1) is 29.4. The molecule has 3 unspecified atom stereocenters. The van der Waals surface area contributed by atoms with Gasteiger partial charge in [-0.15, -0.1) is 0 Å². The zero-order chi connectivity index (χ0) is 30.1. The van der Waals surface area contributed by atoms with E-state index in [4.69, 9.17) is 9.47 Å². The first-order valence-electron chi connectivity index (χ1n) is 13.8. The van der Waals surface area contributed by atoms with E-state index in [9.17, 15) is 27.9 Å². The molecule has 3 atom stereocenters. The molecule has 2 amide bonds. The molecule has 3 aromatic carbocycles. The predicted octanol–water partition coefficient (Wildman–Crippen LogP) is 5.80. The number of likely N-dealkylation sites (N-methyl/N-ethyl adjacent to an activating group) is 1. The number of hydrogen-bond acceptors (Lipinski definition) is 5. The fraction of sp³-hybridized carbons (Fsp3) is 0.375. The van der Waals surface area contributed by atoms with Crippen LogP contribution in [0.4, 0.5) is 23.7 Å². The van der Waals surface area contributed by atoms with Gasteiger partial charge >= 0.3 is 12.3 Å². The van der Waals surface area contributed by atoms with Crippen LogP contribution in [-0.4, -0.2) is 54.9 Å². The first-order valence-corrected chi connectivity index (χ1v) is 13.8. The van der Waals surface area contributed by atoms with E-state index in [1.54, 1.807) is 24.3 Å². The van der Waals surface area contributed by atoms with Crippen LogP contribution >= 0.6 is 0 Å². The van der Waals surface area contributed by atoms with E-state index in [-0.39, 0.29) is 30.8 Å². The van der Waals surface area contributed by atoms with Crippen molar-refractivity contribution in [3.8, 4) is 5.75 Å². The van der Waals surface area contributed by atoms with E-state index in [0.29, 0.717) is 30.7 Å². The Balaban J connectivity index is 1.53. The minimum Gasteiger partial charge on any atom is -0.497 e. The number of benzene rings is 3. The Kier molecular flexibility index (Phi) is 8.19. The van der Waals surface area contributed by atoms with Gasteiger partial charge in [-0.25, -0.2) is 4.79 Å². The molecule has 2 aliphatic rings. The van der Waals surface area contributed by atoms with Gasteiger partial charge in [0.15, 0.2) is 5.60 Å². The standard InChI is InChI=1S/C32H33F3N2O5/c1-36-28-12-6-11-26(32(33,34)35)25(28)18-27(22-13-15-24(41-2)16-14-22)31(40,29(36)38)23-10-7-17-37(19-23)30(39)42-20-21-8-4-3-5-9-21/h3-6,8-9,11-16,23,27,40H,7,10,17-20H2,1-2H3. The fourth-order valence-corrected chi connectivity index (χ4v) is 6.24. The summed E-state index contributed by atoms with van der Waals surface area (Å²) in [4.78, 5) is 29.9. The Morgan fingerprint density at radius 1 is 1.05 bits per heavy atom. The third-order valence-electron chi connectivity index (χ3n) is 8.43. The van der Waals surface area contributed by atoms with Crippen LogP contribution in [0.25, 0.3) is 0 Å². The molecule has 2 heterocycles. The molecule has 0 spiro atoms. The van der Waals surface area contributed by atoms with E-state index in [2.05, 4.69) is 0 Å². The Morgan fingerprint density at radius 2 is 1.76 bits per heavy atom. The summed E-state index contributed by atoms with van der Waals surface area (Å²) < 4.78 is 53.4. The molecule has 5 rings (SSSR count). The minimum absolute atomic E-state index is 0.0127. The van der Waals surface area contributed by atoms with Crippen molar-refractivity contribution in [1.29, 1.82) is 0 Å². The van der Waals surface area contributed by atoms with Gasteiger partial charge in [0.25, 0.3) is 5.91 Å². The molecule has 42 heavy (non-hydrogen) atoms. The molecule has 2 aliphatic heterocycles. The van der Waals surface area contributed by atoms with Crippen molar-refractivity contribution < 1.29 is 37.3 Å². The zero-order valence-electron chi connectivity index (χ0n) is 23.4. The predicted molar refractivity (Wildman–Crippen MR) is 150 cm³/mol. The van der Waals surface area contributed by atoms with Gasteiger partial charge in [0.1, 0.15) is 12.4 Å². The number of hydrogen-bond donors (Lipinski definition) is 1. The number of anilines is 1. The SMILES string of the molecule is COc1ccc(C2Cc3c(cccc3C(F)(F)F)N(C)C(=O)C2(O)C2CCCN(C(=O)OCc3ccccc3)C2)cc1. The van der Waals surface area contributed by atoms with Crippen LogP contribution < -0.4 is 9.64 Å². The quantitative estimate of drug-likeness (QED) is 0.412. The van der Waals surface area contributed by atoms with Crippen LogP contribution in [0.15, 0.2) is 72.8 Å². The van der Waals surface area contributed by atoms with Crippen molar-refractivity contribution in [1.82, 2.24) is 4.90 Å². The molecule has 1 N–H and O–H groups in total. The lowest BCUT2D eigenvalue weighted by atomic mass is 9.68. The lowest BCUT2D eigenvalue weighted by Crippen LogP contribution is -2.60. The second-order valence-corrected chi connectivity index (χ2v) is 10.8. The van der Waals surface area contributed by atoms with Gasteiger partial charge in [-0.05, 0) is 60.2 Å². The number of rotatable bonds is 5. The Hall–Kier alpha value is -4.05. The Labute approximate surface area is 242 Å². The van der Waals surface area contributed by atoms with Crippen LogP contribution in [0.1, 0.15) is 41.0 Å². The number of piperidine rings is 1. The van der Waals surface area contributed by atoms with Gasteiger partial charge in [-0.2, -0.15) is 13.2 Å². The molecule has 1 fully saturated rings. The van der Waals surface area contributed by atoms with Crippen LogP contribution in [0.2, 0.25) is 0 Å². The number of fused-ring (bicyclic) bond motifs is 1. The van der Waals surface area contributed by atoms with Crippen molar-refractivity contribution in [2.75, 3.05) is 32.1 Å². The number of halogens is 3. The number of carbonyl (C=O) groups excluding carboxylic acids is 2. The molecule has 222 valence electrons. The lowest BCUT2D eigenvalue weighted by molar-refractivity contribution is -0.149. The third-order valence-corrected chi connectivity index (χ3v) is 8.43. The molecule has 7 nitrogen and oxygen atoms in total. The highest BCUT2D eigenvalue weighted by Crippen LogP contribution is 2.48. The summed E-state index contributed by atoms with van der Waals surface area (Å²) >= 11 is 0. The molecule has 0 aliphatic carbocycles. The summed E-state index contributed by atoms with van der Waals surface area (Å²) in [6.45, 7) is 0.450. The maximum atomic E-state index is 14.2. The fourth-order valence-electron chi connectivity index (χ4n) is 6.24. The highest BCUT2D eigenvalue weighted by Gasteiger charge is 2.55. The summed E-state index contributed by atoms with van der Waals surface area (Å²) in [7, 11) is 2.88. The number of carbonyl (C=O) groups is 2. The maximum absolute atomic E-state index is 14.2. The molecule has 1 saturated heterocycles. The van der Waals surface area contributed by atoms with Gasteiger partial charge in [-0.1, -0.05) is 48.5 Å². The van der Waals surface area contributed by atoms with Crippen LogP contribution in [0.5, 0.6) is 5.75 Å². The largest absolute Gasteiger partial charge is 0.497 e. The second-order valence-electron chi connectivity index (χ2n) is 10.8. The highest BCUT2D eigenvalue weighted by molar-refractivity contribution is 6.01. The monoisotopic (exact) mass is 582 g/mol. The van der Waals surface area contributed by atoms with E-state index in [1.807, 2.05) is 30.3 Å². The van der Waals surface area contributed by atoms with Crippen molar-refractivity contribution in [2.24, 2.45) is 5.92 Å². The molecule has 0 aromatic heterocycles. The van der Waals surface area contributed by atoms with E-state index >= 15 is 0 Å². The number of amides is 2. The van der Waals surface area contributed by atoms with Gasteiger partial charge in [-0.3, -0.25) is 4.79 Å². The summed E-state index contributed by atoms with van der Waals surface area (Å²) in [5.74, 6) is -1.98. The van der Waals surface area contributed by atoms with E-state index < -0.39 is 41.2 Å². The van der Waals surface area contributed by atoms with Crippen LogP contribution in [0, 0.1) is 5.92 Å². The average molecular weight is 583 g/mol. The molecular formula is C32H33F3N2O5. The molecular weight excluding hydrogens is 549 g/mol. The second kappa shape index (κ2) is 11.7. The summed E-state index contributed by atoms with van der Waals surface area (Å²) in [5.41, 5.74) is -1.63. The van der Waals surface area contributed by atoms with Crippen molar-refractivity contribution in [3.63, 3.8) is 0 Å². The highest BCUT2D eigenvalue weighted by atomic mass is 19.4. The molecule has 10 heteroatoms. The molecule has 3 aromatic rings. The summed E-state index contributed by atoms with van der Waals surface area (Å²) in [6.07, 6.45) is -4.59. The lowest BCUT2D eigenvalue weighted by Gasteiger charge is -2.45. The van der Waals surface area contributed by atoms with E-state index in [1.165, 1.54) is 31.2 Å². The van der Waals surface area contributed by atoms with Gasteiger partial charge in [0.05, 0.1) is 12.7 Å². The summed E-state index contributed by atoms with van der Waals surface area (Å²) in [5, 5.41) is 12.5. The van der Waals surface area contributed by atoms with Gasteiger partial charge < -0.3 is 24.4 Å². The number of methoxy groups -OCH3 is 1. The normalized spacial score (nSPS) is 22.8. The zero-order valence-corrected chi connectivity index (χ0v) is 23.4. The average Bonchev–Trinajstić information content (AvgIpc) is 3.09. The van der Waals surface area contributed by atoms with Gasteiger partial charge in [0.2, 0.25) is 0 Å². The van der Waals surface area contributed by atoms with Crippen LogP contribution in [-0.2, 0) is 28.7 Å². The Bertz CT molecular complexity index is 1430. The topological polar surface area (TPSA) is 79.3 Å². The number of alkyl halides is 3. The number of aliphatic hydroxyl groups is 1. The third kappa shape index (κ3) is 5.55. The van der Waals surface area contributed by atoms with Crippen molar-refractivity contribution in [2.45, 2.75) is 43.6 Å². The van der Waals surface area contributed by atoms with Crippen molar-refractivity contribution >= 4 is 17.7 Å². The molecule has 0 saturated carbocycles. The van der Waals surface area contributed by atoms with E-state index in [0.717, 1.165) is 16.5 Å². The Morgan fingerprint density at radius 3 is 2.43 bits per heavy atom.